The van der Waals surface area contributed by atoms with Crippen molar-refractivity contribution in [3.05, 3.63) is 24.6 Å². The Bertz CT molecular complexity index is 64.1. The first-order chi connectivity index (χ1) is 3.35. The lowest BCUT2D eigenvalue weighted by Crippen LogP contribution is -2.26. The van der Waals surface area contributed by atoms with Gasteiger partial charge in [0.2, 0.25) is 0 Å². The second-order valence-corrected chi connectivity index (χ2v) is 5.59. The molecule has 0 heterocycles. The van der Waals surface area contributed by atoms with Crippen molar-refractivity contribution in [2.24, 2.45) is 0 Å². The van der Waals surface area contributed by atoms with Gasteiger partial charge in [-0.1, -0.05) is 11.4 Å². The van der Waals surface area contributed by atoms with Crippen LogP contribution < -0.4 is 4.65 Å². The summed E-state index contributed by atoms with van der Waals surface area (Å²) in [5.41, 5.74) is 3.94. The first-order valence-electron chi connectivity index (χ1n) is 2.27. The quantitative estimate of drug-likeness (QED) is 0.484. The van der Waals surface area contributed by atoms with Gasteiger partial charge in [0.1, 0.15) is 8.96 Å². The van der Waals surface area contributed by atoms with Crippen molar-refractivity contribution in [3.63, 3.8) is 0 Å². The minimum Gasteiger partial charge on any atom is -0.363 e. The molecule has 0 atom stereocenters. The van der Waals surface area contributed by atoms with Crippen molar-refractivity contribution < 1.29 is 0 Å². The van der Waals surface area contributed by atoms with Gasteiger partial charge in [-0.05, 0) is 0 Å². The molecule has 0 unspecified atom stereocenters. The molecule has 0 aliphatic rings. The van der Waals surface area contributed by atoms with E-state index in [-0.39, 0.29) is 0 Å². The Morgan fingerprint density at radius 3 is 1.86 bits per heavy atom. The Morgan fingerprint density at radius 2 is 1.86 bits per heavy atom. The van der Waals surface area contributed by atoms with Gasteiger partial charge in [0.25, 0.3) is 0 Å². The van der Waals surface area contributed by atoms with Crippen LogP contribution in [0, 0.1) is 0 Å². The van der Waals surface area contributed by atoms with Gasteiger partial charge in [-0.25, -0.2) is 0 Å². The van der Waals surface area contributed by atoms with Crippen molar-refractivity contribution in [2.45, 2.75) is 0 Å². The van der Waals surface area contributed by atoms with E-state index in [4.69, 9.17) is 0 Å². The molecule has 0 rings (SSSR count). The van der Waals surface area contributed by atoms with Crippen molar-refractivity contribution in [2.75, 3.05) is 0 Å². The van der Waals surface area contributed by atoms with Gasteiger partial charge < -0.3 is 4.65 Å². The van der Waals surface area contributed by atoms with Crippen LogP contribution in [0.2, 0.25) is 0 Å². The lowest BCUT2D eigenvalue weighted by molar-refractivity contribution is 1.59. The van der Waals surface area contributed by atoms with Crippen LogP contribution in [0.15, 0.2) is 24.6 Å². The van der Waals surface area contributed by atoms with Crippen molar-refractivity contribution in [1.29, 1.82) is 0 Å². The maximum Gasteiger partial charge on any atom is 0.150 e. The Balaban J connectivity index is 3.36. The Morgan fingerprint density at radius 1 is 1.43 bits per heavy atom. The minimum absolute atomic E-state index is 0.832. The molecule has 0 spiro atoms. The van der Waals surface area contributed by atoms with E-state index in [9.17, 15) is 0 Å². The Labute approximate surface area is 49.3 Å². The summed E-state index contributed by atoms with van der Waals surface area (Å²) in [6, 6.07) is 0. The molecule has 0 aromatic heterocycles. The molecule has 3 heteroatoms. The van der Waals surface area contributed by atoms with Gasteiger partial charge in [-0.2, -0.15) is 0 Å². The predicted octanol–water partition coefficient (Wildman–Crippen LogP) is -0.969. The Hall–Kier alpha value is -0.126. The molecule has 1 N–H and O–H groups in total. The number of hydrogen-bond donors (Lipinski definition) is 1. The highest BCUT2D eigenvalue weighted by atomic mass is 28.3. The molecule has 1 nitrogen and oxygen atoms in total. The Kier molecular flexibility index (Phi) is 3.97. The van der Waals surface area contributed by atoms with Gasteiger partial charge in [-0.15, -0.1) is 13.2 Å². The standard InChI is InChI=1S/C4H11NSi2/c1-3-7(4-2)5-6/h3-5,7H,1-2H2,6H3. The van der Waals surface area contributed by atoms with Crippen molar-refractivity contribution >= 4 is 19.4 Å². The van der Waals surface area contributed by atoms with Gasteiger partial charge in [-0.3, -0.25) is 0 Å². The predicted molar refractivity (Wildman–Crippen MR) is 40.6 cm³/mol. The highest BCUT2D eigenvalue weighted by molar-refractivity contribution is 6.70. The molecule has 0 saturated heterocycles. The van der Waals surface area contributed by atoms with Crippen LogP contribution in [-0.4, -0.2) is 19.4 Å². The van der Waals surface area contributed by atoms with Crippen LogP contribution >= 0.6 is 0 Å². The number of nitrogens with one attached hydrogen (secondary N) is 1. The molecule has 0 amide bonds. The maximum atomic E-state index is 3.65. The summed E-state index contributed by atoms with van der Waals surface area (Å²) in [4.78, 5) is 0. The summed E-state index contributed by atoms with van der Waals surface area (Å²) >= 11 is 0. The fourth-order valence-corrected chi connectivity index (χ4v) is 2.41. The molecule has 0 saturated carbocycles. The molecule has 0 aromatic rings. The fraction of sp³-hybridized carbons (Fsp3) is 0. The van der Waals surface area contributed by atoms with Gasteiger partial charge in [0.05, 0.1) is 10.4 Å². The topological polar surface area (TPSA) is 12.0 Å². The van der Waals surface area contributed by atoms with Gasteiger partial charge in [0.15, 0.2) is 0 Å². The average Bonchev–Trinajstić information content (AvgIpc) is 1.72. The highest BCUT2D eigenvalue weighted by Gasteiger charge is 1.89. The smallest absolute Gasteiger partial charge is 0.150 e. The highest BCUT2D eigenvalue weighted by Crippen LogP contribution is 1.73. The second-order valence-electron chi connectivity index (χ2n) is 1.29. The molecule has 0 bridgehead atoms. The summed E-state index contributed by atoms with van der Waals surface area (Å²) in [7, 11) is 0.229. The van der Waals surface area contributed by atoms with Crippen LogP contribution in [0.1, 0.15) is 0 Å². The summed E-state index contributed by atoms with van der Waals surface area (Å²) in [5, 5.41) is 0. The zero-order valence-corrected chi connectivity index (χ0v) is 7.80. The third kappa shape index (κ3) is 2.55. The third-order valence-corrected chi connectivity index (χ3v) is 4.52. The lowest BCUT2D eigenvalue weighted by Gasteiger charge is -1.97. The van der Waals surface area contributed by atoms with E-state index < -0.39 is 8.96 Å². The summed E-state index contributed by atoms with van der Waals surface area (Å²) in [6.07, 6.45) is 0. The van der Waals surface area contributed by atoms with Crippen molar-refractivity contribution in [1.82, 2.24) is 4.65 Å². The summed E-state index contributed by atoms with van der Waals surface area (Å²) in [5.74, 6) is 0. The van der Waals surface area contributed by atoms with Gasteiger partial charge >= 0.3 is 0 Å². The van der Waals surface area contributed by atoms with E-state index in [1.165, 1.54) is 0 Å². The van der Waals surface area contributed by atoms with E-state index in [1.807, 2.05) is 11.4 Å². The molecule has 7 heavy (non-hydrogen) atoms. The first kappa shape index (κ1) is 6.87. The zero-order chi connectivity index (χ0) is 5.70. The largest absolute Gasteiger partial charge is 0.363 e. The molecular formula is C4H11NSi2. The van der Waals surface area contributed by atoms with Crippen LogP contribution in [0.5, 0.6) is 0 Å². The third-order valence-electron chi connectivity index (χ3n) is 0.841. The minimum atomic E-state index is -0.832. The van der Waals surface area contributed by atoms with Crippen LogP contribution in [0.3, 0.4) is 0 Å². The molecular weight excluding hydrogens is 118 g/mol. The van der Waals surface area contributed by atoms with Crippen LogP contribution in [0.25, 0.3) is 0 Å². The lowest BCUT2D eigenvalue weighted by atomic mass is 11.2. The first-order valence-corrected chi connectivity index (χ1v) is 5.18. The van der Waals surface area contributed by atoms with E-state index in [0.717, 1.165) is 10.4 Å². The maximum absolute atomic E-state index is 3.65. The monoisotopic (exact) mass is 129 g/mol. The average molecular weight is 129 g/mol. The fourth-order valence-electron chi connectivity index (χ4n) is 0.332. The summed E-state index contributed by atoms with van der Waals surface area (Å²) < 4.78 is 3.24. The SMILES string of the molecule is C=C[SiH](C=C)N[SiH3]. The van der Waals surface area contributed by atoms with E-state index >= 15 is 0 Å². The number of rotatable bonds is 3. The van der Waals surface area contributed by atoms with E-state index in [1.54, 1.807) is 0 Å². The molecule has 40 valence electrons. The molecule has 0 aliphatic carbocycles. The second kappa shape index (κ2) is 4.04. The summed E-state index contributed by atoms with van der Waals surface area (Å²) in [6.45, 7) is 7.31. The molecule has 0 aliphatic heterocycles. The molecule has 0 aromatic carbocycles. The van der Waals surface area contributed by atoms with Crippen LogP contribution in [0.4, 0.5) is 0 Å². The van der Waals surface area contributed by atoms with E-state index in [0.29, 0.717) is 0 Å². The number of hydrogen-bond acceptors (Lipinski definition) is 1. The van der Waals surface area contributed by atoms with Crippen molar-refractivity contribution in [3.8, 4) is 0 Å². The van der Waals surface area contributed by atoms with E-state index in [2.05, 4.69) is 17.8 Å². The normalized spacial score (nSPS) is 9.29. The van der Waals surface area contributed by atoms with Crippen LogP contribution in [-0.2, 0) is 0 Å². The molecule has 0 radical (unpaired) electrons. The zero-order valence-electron chi connectivity index (χ0n) is 4.65. The molecule has 0 fully saturated rings. The van der Waals surface area contributed by atoms with Gasteiger partial charge in [0, 0.05) is 0 Å².